The quantitative estimate of drug-likeness (QED) is 0.790. The number of amides is 1. The summed E-state index contributed by atoms with van der Waals surface area (Å²) in [5, 5.41) is 3.02. The summed E-state index contributed by atoms with van der Waals surface area (Å²) in [5.41, 5.74) is 0.586. The van der Waals surface area contributed by atoms with E-state index < -0.39 is 11.4 Å². The van der Waals surface area contributed by atoms with Gasteiger partial charge in [-0.3, -0.25) is 4.79 Å². The third kappa shape index (κ3) is 4.05. The van der Waals surface area contributed by atoms with Crippen LogP contribution in [-0.4, -0.2) is 19.0 Å². The number of para-hydroxylation sites is 1. The minimum Gasteiger partial charge on any atom is -0.465 e. The molecule has 0 aliphatic heterocycles. The number of esters is 1. The molecule has 25 heavy (non-hydrogen) atoms. The van der Waals surface area contributed by atoms with Crippen LogP contribution >= 0.6 is 0 Å². The fourth-order valence-electron chi connectivity index (χ4n) is 4.54. The van der Waals surface area contributed by atoms with E-state index in [4.69, 9.17) is 4.74 Å². The molecule has 2 atom stereocenters. The van der Waals surface area contributed by atoms with E-state index in [1.165, 1.54) is 7.11 Å². The van der Waals surface area contributed by atoms with Gasteiger partial charge in [0.1, 0.15) is 0 Å². The average molecular weight is 345 g/mol. The first kappa shape index (κ1) is 19.5. The SMILES string of the molecule is COC(=O)c1ccccc1NC(=O)[C@@]1(C)CC(C)(C)CCC1C(C)C. The van der Waals surface area contributed by atoms with Gasteiger partial charge in [0.25, 0.3) is 0 Å². The molecule has 1 fully saturated rings. The van der Waals surface area contributed by atoms with Gasteiger partial charge in [-0.05, 0) is 48.6 Å². The van der Waals surface area contributed by atoms with Crippen molar-refractivity contribution < 1.29 is 14.3 Å². The number of carbonyl (C=O) groups excluding carboxylic acids is 2. The van der Waals surface area contributed by atoms with E-state index in [1.54, 1.807) is 18.2 Å². The number of hydrogen-bond donors (Lipinski definition) is 1. The van der Waals surface area contributed by atoms with Gasteiger partial charge in [0, 0.05) is 0 Å². The van der Waals surface area contributed by atoms with Gasteiger partial charge in [0.05, 0.1) is 23.8 Å². The lowest BCUT2D eigenvalue weighted by molar-refractivity contribution is -0.134. The van der Waals surface area contributed by atoms with Gasteiger partial charge in [-0.2, -0.15) is 0 Å². The molecule has 1 aliphatic carbocycles. The second kappa shape index (κ2) is 7.19. The van der Waals surface area contributed by atoms with Crippen molar-refractivity contribution in [1.82, 2.24) is 0 Å². The molecule has 1 unspecified atom stereocenters. The van der Waals surface area contributed by atoms with Gasteiger partial charge < -0.3 is 10.1 Å². The monoisotopic (exact) mass is 345 g/mol. The van der Waals surface area contributed by atoms with Crippen LogP contribution in [0.15, 0.2) is 24.3 Å². The summed E-state index contributed by atoms with van der Waals surface area (Å²) >= 11 is 0. The van der Waals surface area contributed by atoms with E-state index in [0.717, 1.165) is 19.3 Å². The summed E-state index contributed by atoms with van der Waals surface area (Å²) < 4.78 is 4.83. The fourth-order valence-corrected chi connectivity index (χ4v) is 4.54. The summed E-state index contributed by atoms with van der Waals surface area (Å²) in [5.74, 6) is 0.314. The molecule has 2 rings (SSSR count). The maximum absolute atomic E-state index is 13.3. The highest BCUT2D eigenvalue weighted by Crippen LogP contribution is 2.52. The second-order valence-electron chi connectivity index (χ2n) is 8.64. The van der Waals surface area contributed by atoms with Gasteiger partial charge in [0.2, 0.25) is 5.91 Å². The Morgan fingerprint density at radius 3 is 2.44 bits per heavy atom. The zero-order chi connectivity index (χ0) is 18.8. The van der Waals surface area contributed by atoms with Crippen LogP contribution in [0.1, 0.15) is 64.2 Å². The Kier molecular flexibility index (Phi) is 5.60. The van der Waals surface area contributed by atoms with Crippen molar-refractivity contribution in [2.75, 3.05) is 12.4 Å². The number of hydrogen-bond acceptors (Lipinski definition) is 3. The van der Waals surface area contributed by atoms with Gasteiger partial charge in [-0.1, -0.05) is 46.8 Å². The number of benzene rings is 1. The molecule has 0 spiro atoms. The van der Waals surface area contributed by atoms with Crippen LogP contribution in [0.3, 0.4) is 0 Å². The first-order chi connectivity index (χ1) is 11.6. The zero-order valence-electron chi connectivity index (χ0n) is 16.3. The average Bonchev–Trinajstić information content (AvgIpc) is 2.53. The summed E-state index contributed by atoms with van der Waals surface area (Å²) in [7, 11) is 1.35. The fraction of sp³-hybridized carbons (Fsp3) is 0.619. The van der Waals surface area contributed by atoms with Crippen LogP contribution in [-0.2, 0) is 9.53 Å². The molecule has 0 radical (unpaired) electrons. The van der Waals surface area contributed by atoms with Crippen molar-refractivity contribution in [3.8, 4) is 0 Å². The Morgan fingerprint density at radius 1 is 1.20 bits per heavy atom. The van der Waals surface area contributed by atoms with Gasteiger partial charge in [0.15, 0.2) is 0 Å². The van der Waals surface area contributed by atoms with Crippen molar-refractivity contribution in [3.63, 3.8) is 0 Å². The normalized spacial score (nSPS) is 25.5. The van der Waals surface area contributed by atoms with Crippen LogP contribution in [0.2, 0.25) is 0 Å². The second-order valence-corrected chi connectivity index (χ2v) is 8.64. The maximum atomic E-state index is 13.3. The van der Waals surface area contributed by atoms with E-state index in [2.05, 4.69) is 39.9 Å². The lowest BCUT2D eigenvalue weighted by atomic mass is 9.56. The molecule has 1 N–H and O–H groups in total. The Balaban J connectivity index is 2.33. The standard InChI is InChI=1S/C21H31NO3/c1-14(2)16-11-12-20(3,4)13-21(16,5)19(24)22-17-10-8-7-9-15(17)18(23)25-6/h7-10,14,16H,11-13H2,1-6H3,(H,22,24)/t16?,21-/m0/s1. The Bertz CT molecular complexity index is 650. The number of carbonyl (C=O) groups is 2. The highest BCUT2D eigenvalue weighted by Gasteiger charge is 2.49. The van der Waals surface area contributed by atoms with E-state index in [-0.39, 0.29) is 11.3 Å². The maximum Gasteiger partial charge on any atom is 0.339 e. The van der Waals surface area contributed by atoms with Crippen LogP contribution in [0.4, 0.5) is 5.69 Å². The number of anilines is 1. The molecule has 0 saturated heterocycles. The summed E-state index contributed by atoms with van der Waals surface area (Å²) in [6.45, 7) is 10.9. The van der Waals surface area contributed by atoms with Crippen molar-refractivity contribution in [2.45, 2.75) is 53.9 Å². The molecule has 0 heterocycles. The molecular formula is C21H31NO3. The van der Waals surface area contributed by atoms with Crippen LogP contribution in [0, 0.1) is 22.7 Å². The molecule has 1 amide bonds. The number of ether oxygens (including phenoxy) is 1. The Hall–Kier alpha value is -1.84. The highest BCUT2D eigenvalue weighted by atomic mass is 16.5. The van der Waals surface area contributed by atoms with E-state index in [0.29, 0.717) is 23.1 Å². The van der Waals surface area contributed by atoms with Crippen molar-refractivity contribution >= 4 is 17.6 Å². The first-order valence-electron chi connectivity index (χ1n) is 9.09. The Labute approximate surface area is 151 Å². The predicted molar refractivity (Wildman–Crippen MR) is 100 cm³/mol. The number of nitrogens with one attached hydrogen (secondary N) is 1. The van der Waals surface area contributed by atoms with Crippen LogP contribution < -0.4 is 5.32 Å². The molecular weight excluding hydrogens is 314 g/mol. The minimum atomic E-state index is -0.459. The van der Waals surface area contributed by atoms with E-state index >= 15 is 0 Å². The topological polar surface area (TPSA) is 55.4 Å². The third-order valence-electron chi connectivity index (χ3n) is 5.70. The number of rotatable bonds is 4. The molecule has 4 heteroatoms. The lowest BCUT2D eigenvalue weighted by Gasteiger charge is -2.49. The van der Waals surface area contributed by atoms with Crippen molar-refractivity contribution in [2.24, 2.45) is 22.7 Å². The molecule has 1 aromatic carbocycles. The van der Waals surface area contributed by atoms with E-state index in [1.807, 2.05) is 6.07 Å². The number of methoxy groups -OCH3 is 1. The van der Waals surface area contributed by atoms with Gasteiger partial charge in [-0.25, -0.2) is 4.79 Å². The largest absolute Gasteiger partial charge is 0.465 e. The molecule has 1 saturated carbocycles. The highest BCUT2D eigenvalue weighted by molar-refractivity contribution is 6.03. The summed E-state index contributed by atoms with van der Waals surface area (Å²) in [4.78, 5) is 25.3. The van der Waals surface area contributed by atoms with Crippen molar-refractivity contribution in [3.05, 3.63) is 29.8 Å². The molecule has 0 aromatic heterocycles. The minimum absolute atomic E-state index is 0.00433. The molecule has 138 valence electrons. The summed E-state index contributed by atoms with van der Waals surface area (Å²) in [6.07, 6.45) is 3.03. The van der Waals surface area contributed by atoms with Crippen molar-refractivity contribution in [1.29, 1.82) is 0 Å². The molecule has 1 aliphatic rings. The third-order valence-corrected chi connectivity index (χ3v) is 5.70. The van der Waals surface area contributed by atoms with Crippen LogP contribution in [0.5, 0.6) is 0 Å². The zero-order valence-corrected chi connectivity index (χ0v) is 16.3. The molecule has 1 aromatic rings. The molecule has 4 nitrogen and oxygen atoms in total. The van der Waals surface area contributed by atoms with Gasteiger partial charge >= 0.3 is 5.97 Å². The van der Waals surface area contributed by atoms with E-state index in [9.17, 15) is 9.59 Å². The van der Waals surface area contributed by atoms with Crippen LogP contribution in [0.25, 0.3) is 0 Å². The predicted octanol–water partition coefficient (Wildman–Crippen LogP) is 4.90. The summed E-state index contributed by atoms with van der Waals surface area (Å²) in [6, 6.07) is 7.01. The molecule has 0 bridgehead atoms. The lowest BCUT2D eigenvalue weighted by Crippen LogP contribution is -2.48. The van der Waals surface area contributed by atoms with Gasteiger partial charge in [-0.15, -0.1) is 0 Å². The first-order valence-corrected chi connectivity index (χ1v) is 9.09. The Morgan fingerprint density at radius 2 is 1.84 bits per heavy atom. The smallest absolute Gasteiger partial charge is 0.339 e.